The summed E-state index contributed by atoms with van der Waals surface area (Å²) in [4.78, 5) is 27.3. The quantitative estimate of drug-likeness (QED) is 0.310. The van der Waals surface area contributed by atoms with E-state index in [1.165, 1.54) is 31.6 Å². The van der Waals surface area contributed by atoms with Crippen molar-refractivity contribution in [2.24, 2.45) is 0 Å². The van der Waals surface area contributed by atoms with Crippen molar-refractivity contribution in [1.82, 2.24) is 9.78 Å². The highest BCUT2D eigenvalue weighted by molar-refractivity contribution is 7.17. The van der Waals surface area contributed by atoms with E-state index < -0.39 is 30.1 Å². The van der Waals surface area contributed by atoms with Gasteiger partial charge in [0.1, 0.15) is 10.8 Å². The van der Waals surface area contributed by atoms with E-state index in [0.29, 0.717) is 34.0 Å². The monoisotopic (exact) mass is 592 g/mol. The molecule has 2 aromatic heterocycles. The van der Waals surface area contributed by atoms with Crippen LogP contribution in [0.1, 0.15) is 82.0 Å². The van der Waals surface area contributed by atoms with Crippen LogP contribution in [0, 0.1) is 0 Å². The smallest absolute Gasteiger partial charge is 0.410 e. The molecule has 13 heteroatoms. The van der Waals surface area contributed by atoms with E-state index in [4.69, 9.17) is 14.2 Å². The summed E-state index contributed by atoms with van der Waals surface area (Å²) in [5.74, 6) is -0.353. The predicted molar refractivity (Wildman–Crippen MR) is 147 cm³/mol. The number of esters is 1. The summed E-state index contributed by atoms with van der Waals surface area (Å²) in [7, 11) is 2.93. The third-order valence-corrected chi connectivity index (χ3v) is 8.38. The van der Waals surface area contributed by atoms with Crippen LogP contribution in [0.25, 0.3) is 0 Å². The van der Waals surface area contributed by atoms with Crippen LogP contribution in [0.5, 0.6) is 11.5 Å². The molecule has 2 N–H and O–H groups in total. The zero-order chi connectivity index (χ0) is 29.5. The maximum absolute atomic E-state index is 14.2. The van der Waals surface area contributed by atoms with Gasteiger partial charge >= 0.3 is 12.1 Å². The van der Waals surface area contributed by atoms with Crippen LogP contribution in [-0.2, 0) is 17.6 Å². The van der Waals surface area contributed by atoms with Crippen LogP contribution in [0.4, 0.5) is 24.0 Å². The number of hydrogen-bond donors (Lipinski definition) is 2. The van der Waals surface area contributed by atoms with E-state index in [-0.39, 0.29) is 24.0 Å². The van der Waals surface area contributed by atoms with Crippen LogP contribution >= 0.6 is 11.3 Å². The Morgan fingerprint density at radius 1 is 1.12 bits per heavy atom. The van der Waals surface area contributed by atoms with Crippen molar-refractivity contribution in [1.29, 1.82) is 0 Å². The molecular formula is C28H31F3N4O5S. The number of methoxy groups -OCH3 is 2. The largest absolute Gasteiger partial charge is 0.493 e. The Labute approximate surface area is 239 Å². The fourth-order valence-electron chi connectivity index (χ4n) is 5.28. The number of carbonyl (C=O) groups is 2. The van der Waals surface area contributed by atoms with E-state index >= 15 is 0 Å². The van der Waals surface area contributed by atoms with Gasteiger partial charge in [0.05, 0.1) is 31.9 Å². The molecule has 0 bridgehead atoms. The van der Waals surface area contributed by atoms with Gasteiger partial charge < -0.3 is 24.8 Å². The number of fused-ring (bicyclic) bond motifs is 2. The molecule has 1 aliphatic heterocycles. The highest BCUT2D eigenvalue weighted by Gasteiger charge is 2.47. The molecule has 220 valence electrons. The molecule has 1 aliphatic carbocycles. The molecule has 0 radical (unpaired) electrons. The number of halogens is 3. The Morgan fingerprint density at radius 2 is 1.85 bits per heavy atom. The fraction of sp³-hybridized carbons (Fsp3) is 0.464. The van der Waals surface area contributed by atoms with Gasteiger partial charge in [-0.2, -0.15) is 18.3 Å². The average molecular weight is 593 g/mol. The van der Waals surface area contributed by atoms with Gasteiger partial charge in [-0.25, -0.2) is 9.48 Å². The molecule has 0 spiro atoms. The molecule has 0 fully saturated rings. The highest BCUT2D eigenvalue weighted by Crippen LogP contribution is 2.45. The summed E-state index contributed by atoms with van der Waals surface area (Å²) in [6.07, 6.45) is -1.96. The molecular weight excluding hydrogens is 561 g/mol. The predicted octanol–water partition coefficient (Wildman–Crippen LogP) is 6.32. The third-order valence-electron chi connectivity index (χ3n) is 7.18. The molecule has 1 amide bonds. The molecule has 3 heterocycles. The molecule has 0 saturated heterocycles. The van der Waals surface area contributed by atoms with Crippen LogP contribution in [0.15, 0.2) is 24.3 Å². The number of carbonyl (C=O) groups excluding carboxylic acids is 2. The number of aromatic nitrogens is 2. The molecule has 2 aliphatic rings. The molecule has 9 nitrogen and oxygen atoms in total. The fourth-order valence-corrected chi connectivity index (χ4v) is 6.56. The van der Waals surface area contributed by atoms with Crippen LogP contribution in [-0.4, -0.2) is 48.2 Å². The lowest BCUT2D eigenvalue weighted by Crippen LogP contribution is -2.35. The van der Waals surface area contributed by atoms with Gasteiger partial charge in [0.25, 0.3) is 5.91 Å². The molecule has 1 aromatic carbocycles. The number of amides is 1. The maximum Gasteiger partial charge on any atom is 0.410 e. The first-order valence-corrected chi connectivity index (χ1v) is 14.1. The van der Waals surface area contributed by atoms with Gasteiger partial charge in [0.15, 0.2) is 23.2 Å². The van der Waals surface area contributed by atoms with Crippen molar-refractivity contribution in [2.75, 3.05) is 24.9 Å². The first-order valence-electron chi connectivity index (χ1n) is 13.3. The van der Waals surface area contributed by atoms with Gasteiger partial charge in [-0.3, -0.25) is 4.79 Å². The second kappa shape index (κ2) is 11.3. The molecule has 2 atom stereocenters. The van der Waals surface area contributed by atoms with Crippen LogP contribution < -0.4 is 20.1 Å². The lowest BCUT2D eigenvalue weighted by molar-refractivity contribution is -0.173. The number of hydrogen-bond acceptors (Lipinski definition) is 8. The van der Waals surface area contributed by atoms with Gasteiger partial charge in [-0.15, -0.1) is 11.3 Å². The average Bonchev–Trinajstić information content (AvgIpc) is 3.52. The summed E-state index contributed by atoms with van der Waals surface area (Å²) in [6.45, 7) is 3.48. The zero-order valence-electron chi connectivity index (χ0n) is 23.1. The number of aryl methyl sites for hydroxylation is 1. The SMILES string of the molecule is COc1ccc(C2CC(C(F)(F)F)n3nc(C(=O)Nc4sc5c(c4C(=O)OC(C)C)CCCC5)cc3N2)cc1OC. The minimum atomic E-state index is -4.62. The molecule has 2 unspecified atom stereocenters. The topological polar surface area (TPSA) is 104 Å². The van der Waals surface area contributed by atoms with Crippen molar-refractivity contribution in [2.45, 2.75) is 70.3 Å². The Bertz CT molecular complexity index is 1470. The summed E-state index contributed by atoms with van der Waals surface area (Å²) in [6, 6.07) is 3.52. The number of alkyl halides is 3. The highest BCUT2D eigenvalue weighted by atomic mass is 32.1. The minimum Gasteiger partial charge on any atom is -0.493 e. The zero-order valence-corrected chi connectivity index (χ0v) is 23.9. The summed E-state index contributed by atoms with van der Waals surface area (Å²) < 4.78 is 59.5. The Kier molecular flexibility index (Phi) is 7.91. The number of benzene rings is 1. The van der Waals surface area contributed by atoms with E-state index in [2.05, 4.69) is 15.7 Å². The Balaban J connectivity index is 1.45. The number of nitrogens with zero attached hydrogens (tertiary/aromatic N) is 2. The molecule has 5 rings (SSSR count). The first-order chi connectivity index (χ1) is 19.5. The summed E-state index contributed by atoms with van der Waals surface area (Å²) >= 11 is 1.30. The number of rotatable bonds is 7. The van der Waals surface area contributed by atoms with Gasteiger partial charge in [0.2, 0.25) is 0 Å². The van der Waals surface area contributed by atoms with Crippen molar-refractivity contribution in [3.8, 4) is 11.5 Å². The molecule has 0 saturated carbocycles. The number of anilines is 2. The number of ether oxygens (including phenoxy) is 3. The maximum atomic E-state index is 14.2. The normalized spacial score (nSPS) is 18.2. The van der Waals surface area contributed by atoms with Gasteiger partial charge in [-0.05, 0) is 62.8 Å². The first kappa shape index (κ1) is 28.8. The van der Waals surface area contributed by atoms with E-state index in [0.717, 1.165) is 34.4 Å². The number of thiophene rings is 1. The Morgan fingerprint density at radius 3 is 2.54 bits per heavy atom. The van der Waals surface area contributed by atoms with E-state index in [9.17, 15) is 22.8 Å². The van der Waals surface area contributed by atoms with Crippen molar-refractivity contribution < 1.29 is 37.0 Å². The standard InChI is InChI=1S/C28H31F3N4O5S/c1-14(2)40-27(37)24-16-7-5-6-8-21(16)41-26(24)33-25(36)18-13-23-32-17(12-22(28(29,30)31)35(23)34-18)15-9-10-19(38-3)20(11-15)39-4/h9-11,13-14,17,22,32H,5-8,12H2,1-4H3,(H,33,36). The second-order valence-electron chi connectivity index (χ2n) is 10.3. The Hall–Kier alpha value is -3.74. The second-order valence-corrected chi connectivity index (χ2v) is 11.4. The van der Waals surface area contributed by atoms with Gasteiger partial charge in [-0.1, -0.05) is 6.07 Å². The van der Waals surface area contributed by atoms with Crippen molar-refractivity contribution in [3.63, 3.8) is 0 Å². The molecule has 41 heavy (non-hydrogen) atoms. The van der Waals surface area contributed by atoms with Crippen molar-refractivity contribution >= 4 is 34.0 Å². The molecule has 3 aromatic rings. The summed E-state index contributed by atoms with van der Waals surface area (Å²) in [5.41, 5.74) is 1.54. The van der Waals surface area contributed by atoms with Gasteiger partial charge in [0, 0.05) is 17.4 Å². The lowest BCUT2D eigenvalue weighted by Gasteiger charge is -2.33. The van der Waals surface area contributed by atoms with E-state index in [1.807, 2.05) is 0 Å². The third kappa shape index (κ3) is 5.72. The van der Waals surface area contributed by atoms with Crippen LogP contribution in [0.2, 0.25) is 0 Å². The van der Waals surface area contributed by atoms with Crippen molar-refractivity contribution in [3.05, 3.63) is 51.5 Å². The summed E-state index contributed by atoms with van der Waals surface area (Å²) in [5, 5.41) is 10.2. The van der Waals surface area contributed by atoms with E-state index in [1.54, 1.807) is 32.0 Å². The van der Waals surface area contributed by atoms with Crippen LogP contribution in [0.3, 0.4) is 0 Å². The number of nitrogens with one attached hydrogen (secondary N) is 2. The lowest BCUT2D eigenvalue weighted by atomic mass is 9.95. The minimum absolute atomic E-state index is 0.0495.